The molecule has 5 aromatic rings. The molecule has 0 spiro atoms. The molecule has 2 heterocycles. The summed E-state index contributed by atoms with van der Waals surface area (Å²) in [5, 5.41) is 1.85. The lowest BCUT2D eigenvalue weighted by molar-refractivity contribution is 1.33. The molecule has 138 valence electrons. The van der Waals surface area contributed by atoms with Crippen LogP contribution in [-0.4, -0.2) is 15.0 Å². The van der Waals surface area contributed by atoms with E-state index in [0.29, 0.717) is 0 Å². The molecule has 0 bridgehead atoms. The fraction of sp³-hybridized carbons (Fsp3) is 0. The lowest BCUT2D eigenvalue weighted by atomic mass is 10.1. The lowest BCUT2D eigenvalue weighted by Gasteiger charge is -1.99. The van der Waals surface area contributed by atoms with E-state index in [-0.39, 0.29) is 0 Å². The minimum atomic E-state index is 0.721. The van der Waals surface area contributed by atoms with Gasteiger partial charge in [-0.15, -0.1) is 12.6 Å². The van der Waals surface area contributed by atoms with E-state index in [9.17, 15) is 0 Å². The van der Waals surface area contributed by atoms with E-state index in [0.717, 1.165) is 48.9 Å². The van der Waals surface area contributed by atoms with Crippen molar-refractivity contribution < 1.29 is 0 Å². The highest BCUT2D eigenvalue weighted by Gasteiger charge is 2.06. The maximum atomic E-state index is 5.56. The summed E-state index contributed by atoms with van der Waals surface area (Å²) in [6, 6.07) is 23.1. The molecule has 0 aliphatic heterocycles. The molecule has 2 aromatic heterocycles. The molecule has 0 atom stereocenters. The van der Waals surface area contributed by atoms with Crippen LogP contribution in [0, 0.1) is 0 Å². The van der Waals surface area contributed by atoms with Gasteiger partial charge < -0.3 is 10.7 Å². The molecule has 0 radical (unpaired) electrons. The van der Waals surface area contributed by atoms with Gasteiger partial charge in [0.15, 0.2) is 0 Å². The van der Waals surface area contributed by atoms with E-state index in [1.165, 1.54) is 0 Å². The molecule has 3 aromatic carbocycles. The number of aromatic amines is 1. The summed E-state index contributed by atoms with van der Waals surface area (Å²) in [6.45, 7) is 0. The Labute approximate surface area is 172 Å². The molecule has 4 nitrogen and oxygen atoms in total. The van der Waals surface area contributed by atoms with E-state index >= 15 is 0 Å². The van der Waals surface area contributed by atoms with Crippen molar-refractivity contribution in [2.24, 2.45) is 0 Å². The second-order valence-corrected chi connectivity index (χ2v) is 7.20. The van der Waals surface area contributed by atoms with E-state index in [4.69, 9.17) is 17.3 Å². The highest BCUT2D eigenvalue weighted by Crippen LogP contribution is 2.24. The monoisotopic (exact) mass is 404 g/mol. The summed E-state index contributed by atoms with van der Waals surface area (Å²) in [5.41, 5.74) is 10.1. The first kappa shape index (κ1) is 18.3. The molecule has 0 aliphatic rings. The zero-order valence-electron chi connectivity index (χ0n) is 14.8. The Kier molecular flexibility index (Phi) is 5.19. The summed E-state index contributed by atoms with van der Waals surface area (Å²) in [6.07, 6.45) is 1.80. The van der Waals surface area contributed by atoms with Crippen LogP contribution in [0.1, 0.15) is 0 Å². The molecule has 0 aliphatic carbocycles. The Morgan fingerprint density at radius 3 is 2.50 bits per heavy atom. The Bertz CT molecular complexity index is 1230. The highest BCUT2D eigenvalue weighted by molar-refractivity contribution is 7.80. The van der Waals surface area contributed by atoms with Gasteiger partial charge >= 0.3 is 0 Å². The van der Waals surface area contributed by atoms with Crippen LogP contribution < -0.4 is 5.73 Å². The number of hydrogen-bond donors (Lipinski definition) is 3. The number of anilines is 1. The van der Waals surface area contributed by atoms with Crippen molar-refractivity contribution >= 4 is 51.9 Å². The van der Waals surface area contributed by atoms with Gasteiger partial charge in [-0.05, 0) is 54.6 Å². The second kappa shape index (κ2) is 7.92. The fourth-order valence-electron chi connectivity index (χ4n) is 2.81. The van der Waals surface area contributed by atoms with Crippen molar-refractivity contribution in [3.63, 3.8) is 0 Å². The van der Waals surface area contributed by atoms with Crippen molar-refractivity contribution in [1.82, 2.24) is 15.0 Å². The van der Waals surface area contributed by atoms with Crippen molar-refractivity contribution in [1.29, 1.82) is 0 Å². The quantitative estimate of drug-likeness (QED) is 0.237. The maximum absolute atomic E-state index is 5.56. The van der Waals surface area contributed by atoms with Crippen molar-refractivity contribution in [3.05, 3.63) is 84.0 Å². The van der Waals surface area contributed by atoms with Gasteiger partial charge in [0, 0.05) is 32.8 Å². The van der Waals surface area contributed by atoms with Crippen LogP contribution in [0.25, 0.3) is 33.3 Å². The highest BCUT2D eigenvalue weighted by atomic mass is 35.5. The predicted molar refractivity (Wildman–Crippen MR) is 120 cm³/mol. The van der Waals surface area contributed by atoms with E-state index in [1.807, 2.05) is 24.3 Å². The zero-order chi connectivity index (χ0) is 19.5. The number of aromatic nitrogens is 3. The minimum absolute atomic E-state index is 0.721. The molecule has 0 saturated heterocycles. The topological polar surface area (TPSA) is 67.6 Å². The van der Waals surface area contributed by atoms with Crippen LogP contribution in [0.15, 0.2) is 83.9 Å². The maximum Gasteiger partial charge on any atom is 0.138 e. The Morgan fingerprint density at radius 1 is 0.893 bits per heavy atom. The molecular weight excluding hydrogens is 388 g/mol. The lowest BCUT2D eigenvalue weighted by Crippen LogP contribution is -1.82. The molecule has 5 rings (SSSR count). The van der Waals surface area contributed by atoms with E-state index in [2.05, 4.69) is 51.8 Å². The largest absolute Gasteiger partial charge is 0.399 e. The van der Waals surface area contributed by atoms with Gasteiger partial charge in [0.2, 0.25) is 0 Å². The summed E-state index contributed by atoms with van der Waals surface area (Å²) in [4.78, 5) is 13.2. The average Bonchev–Trinajstić information content (AvgIpc) is 3.13. The number of rotatable bonds is 1. The number of nitrogens with zero attached hydrogens (tertiary/aromatic N) is 2. The average molecular weight is 405 g/mol. The fourth-order valence-corrected chi connectivity index (χ4v) is 3.14. The van der Waals surface area contributed by atoms with Crippen LogP contribution >= 0.6 is 24.2 Å². The van der Waals surface area contributed by atoms with Crippen LogP contribution in [0.3, 0.4) is 0 Å². The van der Waals surface area contributed by atoms with Gasteiger partial charge in [0.05, 0.1) is 16.6 Å². The molecule has 0 saturated carbocycles. The summed E-state index contributed by atoms with van der Waals surface area (Å²) >= 11 is 9.90. The normalized spacial score (nSPS) is 10.6. The Morgan fingerprint density at radius 2 is 1.71 bits per heavy atom. The zero-order valence-corrected chi connectivity index (χ0v) is 16.5. The first-order chi connectivity index (χ1) is 13.6. The number of pyridine rings is 1. The predicted octanol–water partition coefficient (Wildman–Crippen LogP) is 5.99. The number of thiol groups is 1. The summed E-state index contributed by atoms with van der Waals surface area (Å²) in [7, 11) is 0. The number of H-pyrrole nitrogens is 1. The van der Waals surface area contributed by atoms with Gasteiger partial charge in [-0.2, -0.15) is 0 Å². The smallest absolute Gasteiger partial charge is 0.138 e. The third-order valence-electron chi connectivity index (χ3n) is 4.21. The molecule has 6 heteroatoms. The van der Waals surface area contributed by atoms with Gasteiger partial charge in [0.25, 0.3) is 0 Å². The number of nitrogen functional groups attached to an aromatic ring is 1. The molecule has 3 N–H and O–H groups in total. The standard InChI is InChI=1S/C16H11N3S.C6H6ClN/c20-12-5-6-13-15(9-12)19-16(18-13)11-4-3-10-2-1-7-17-14(10)8-11;7-5-1-3-6(8)4-2-5/h1-9,20H,(H,18,19);1-4H,8H2. The van der Waals surface area contributed by atoms with Crippen molar-refractivity contribution in [3.8, 4) is 11.4 Å². The Hall–Kier alpha value is -3.02. The number of nitrogens with two attached hydrogens (primary N) is 1. The Balaban J connectivity index is 0.000000203. The van der Waals surface area contributed by atoms with E-state index in [1.54, 1.807) is 30.5 Å². The number of imidazole rings is 1. The summed E-state index contributed by atoms with van der Waals surface area (Å²) < 4.78 is 0. The molecular formula is C22H17ClN4S. The van der Waals surface area contributed by atoms with Crippen molar-refractivity contribution in [2.45, 2.75) is 4.90 Å². The van der Waals surface area contributed by atoms with Gasteiger partial charge in [-0.1, -0.05) is 29.8 Å². The minimum Gasteiger partial charge on any atom is -0.399 e. The number of benzene rings is 3. The van der Waals surface area contributed by atoms with Crippen LogP contribution in [0.4, 0.5) is 5.69 Å². The third kappa shape index (κ3) is 4.11. The number of hydrogen-bond acceptors (Lipinski definition) is 4. The molecule has 0 fully saturated rings. The van der Waals surface area contributed by atoms with Crippen LogP contribution in [0.5, 0.6) is 0 Å². The number of fused-ring (bicyclic) bond motifs is 2. The SMILES string of the molecule is Nc1ccc(Cl)cc1.Sc1ccc2nc(-c3ccc4cccnc4c3)[nH]c2c1. The molecule has 28 heavy (non-hydrogen) atoms. The number of nitrogens with one attached hydrogen (secondary N) is 1. The van der Waals surface area contributed by atoms with Gasteiger partial charge in [-0.3, -0.25) is 4.98 Å². The van der Waals surface area contributed by atoms with Crippen molar-refractivity contribution in [2.75, 3.05) is 5.73 Å². The third-order valence-corrected chi connectivity index (χ3v) is 4.74. The molecule has 0 amide bonds. The molecule has 0 unspecified atom stereocenters. The van der Waals surface area contributed by atoms with E-state index < -0.39 is 0 Å². The van der Waals surface area contributed by atoms with Gasteiger partial charge in [-0.25, -0.2) is 4.98 Å². The van der Waals surface area contributed by atoms with Crippen LogP contribution in [0.2, 0.25) is 5.02 Å². The van der Waals surface area contributed by atoms with Crippen LogP contribution in [-0.2, 0) is 0 Å². The first-order valence-electron chi connectivity index (χ1n) is 8.63. The second-order valence-electron chi connectivity index (χ2n) is 6.25. The van der Waals surface area contributed by atoms with Gasteiger partial charge in [0.1, 0.15) is 5.82 Å². The first-order valence-corrected chi connectivity index (χ1v) is 9.46. The summed E-state index contributed by atoms with van der Waals surface area (Å²) in [5.74, 6) is 0.853. The number of halogens is 1.